The van der Waals surface area contributed by atoms with Gasteiger partial charge in [0.05, 0.1) is 25.6 Å². The summed E-state index contributed by atoms with van der Waals surface area (Å²) in [6.07, 6.45) is 0. The molecule has 1 aliphatic rings. The summed E-state index contributed by atoms with van der Waals surface area (Å²) in [4.78, 5) is 0.479. The van der Waals surface area contributed by atoms with Gasteiger partial charge < -0.3 is 5.32 Å². The Morgan fingerprint density at radius 3 is 2.39 bits per heavy atom. The highest BCUT2D eigenvalue weighted by Gasteiger charge is 2.44. The van der Waals surface area contributed by atoms with Crippen molar-refractivity contribution in [3.63, 3.8) is 0 Å². The number of halogens is 2. The van der Waals surface area contributed by atoms with Gasteiger partial charge in [0.25, 0.3) is 0 Å². The van der Waals surface area contributed by atoms with E-state index in [0.29, 0.717) is 33.6 Å². The van der Waals surface area contributed by atoms with E-state index >= 15 is 0 Å². The number of nitrogens with one attached hydrogen (secondary N) is 1. The first-order valence-corrected chi connectivity index (χ1v) is 13.5. The zero-order valence-electron chi connectivity index (χ0n) is 16.3. The Balaban J connectivity index is 1.64. The summed E-state index contributed by atoms with van der Waals surface area (Å²) in [6.45, 7) is 0.854. The van der Waals surface area contributed by atoms with Crippen LogP contribution >= 0.6 is 33.8 Å². The van der Waals surface area contributed by atoms with Crippen molar-refractivity contribution in [1.82, 2.24) is 5.32 Å². The molecule has 0 bridgehead atoms. The summed E-state index contributed by atoms with van der Waals surface area (Å²) in [7, 11) is -6.99. The van der Waals surface area contributed by atoms with Crippen molar-refractivity contribution in [3.8, 4) is 0 Å². The number of sulfone groups is 1. The number of rotatable bonds is 6. The largest absolute Gasteiger partial charge is 0.309 e. The van der Waals surface area contributed by atoms with Crippen LogP contribution in [0.1, 0.15) is 21.9 Å². The summed E-state index contributed by atoms with van der Waals surface area (Å²) in [5.41, 5.74) is 2.13. The second kappa shape index (κ2) is 8.75. The zero-order valence-corrected chi connectivity index (χ0v) is 19.5. The molecule has 3 aromatic rings. The van der Waals surface area contributed by atoms with E-state index in [1.807, 2.05) is 12.1 Å². The monoisotopic (exact) mass is 497 g/mol. The van der Waals surface area contributed by atoms with Crippen LogP contribution in [0, 0.1) is 0 Å². The summed E-state index contributed by atoms with van der Waals surface area (Å²) < 4.78 is 48.0. The molecule has 1 heterocycles. The first-order chi connectivity index (χ1) is 14.7. The van der Waals surface area contributed by atoms with E-state index in [-0.39, 0.29) is 10.6 Å². The van der Waals surface area contributed by atoms with Crippen molar-refractivity contribution in [1.29, 1.82) is 0 Å². The lowest BCUT2D eigenvalue weighted by molar-refractivity contribution is 0.491. The molecule has 5 nitrogen and oxygen atoms in total. The second-order valence-electron chi connectivity index (χ2n) is 7.36. The van der Waals surface area contributed by atoms with E-state index in [4.69, 9.17) is 23.2 Å². The van der Waals surface area contributed by atoms with Crippen molar-refractivity contribution < 1.29 is 17.5 Å². The van der Waals surface area contributed by atoms with Crippen molar-refractivity contribution in [2.45, 2.75) is 28.1 Å². The lowest BCUT2D eigenvalue weighted by Gasteiger charge is -2.27. The van der Waals surface area contributed by atoms with E-state index in [9.17, 15) is 17.5 Å². The molecule has 0 saturated heterocycles. The minimum absolute atomic E-state index is 0.168. The lowest BCUT2D eigenvalue weighted by Crippen LogP contribution is -2.19. The minimum atomic E-state index is -3.79. The second-order valence-corrected chi connectivity index (χ2v) is 12.4. The zero-order chi connectivity index (χ0) is 22.2. The topological polar surface area (TPSA) is 86.6 Å². The average Bonchev–Trinajstić information content (AvgIpc) is 3.04. The maximum atomic E-state index is 13.3. The molecule has 4 rings (SSSR count). The highest BCUT2D eigenvalue weighted by Crippen LogP contribution is 2.62. The molecule has 0 radical (unpaired) electrons. The molecule has 1 aliphatic heterocycles. The molecule has 0 spiro atoms. The molecule has 164 valence electrons. The fourth-order valence-electron chi connectivity index (χ4n) is 3.79. The molecule has 1 unspecified atom stereocenters. The summed E-state index contributed by atoms with van der Waals surface area (Å²) in [5, 5.41) is 3.21. The van der Waals surface area contributed by atoms with Gasteiger partial charge in [-0.2, -0.15) is 10.6 Å². The number of hydrogen-bond acceptors (Lipinski definition) is 5. The van der Waals surface area contributed by atoms with Gasteiger partial charge >= 0.3 is 0 Å². The Morgan fingerprint density at radius 1 is 0.935 bits per heavy atom. The molecule has 0 aromatic heterocycles. The summed E-state index contributed by atoms with van der Waals surface area (Å²) >= 11 is 12.0. The van der Waals surface area contributed by atoms with Crippen LogP contribution in [0.3, 0.4) is 0 Å². The molecular weight excluding hydrogens is 477 g/mol. The molecule has 0 aliphatic carbocycles. The summed E-state index contributed by atoms with van der Waals surface area (Å²) in [6, 6.07) is 18.6. The number of hydrogen-bond donors (Lipinski definition) is 3. The number of fused-ring (bicyclic) bond motifs is 1. The molecular formula is C22H21Cl2NO4S2. The maximum Gasteiger partial charge on any atom is 0.187 e. The van der Waals surface area contributed by atoms with E-state index < -0.39 is 25.7 Å². The predicted octanol–water partition coefficient (Wildman–Crippen LogP) is 5.92. The van der Waals surface area contributed by atoms with Gasteiger partial charge in [0.2, 0.25) is 0 Å². The van der Waals surface area contributed by atoms with Crippen LogP contribution in [-0.2, 0) is 22.9 Å². The van der Waals surface area contributed by atoms with Crippen LogP contribution in [-0.4, -0.2) is 23.3 Å². The van der Waals surface area contributed by atoms with Crippen molar-refractivity contribution in [3.05, 3.63) is 93.5 Å². The molecule has 3 aromatic carbocycles. The third-order valence-corrected chi connectivity index (χ3v) is 10.2. The Morgan fingerprint density at radius 2 is 1.68 bits per heavy atom. The molecule has 0 amide bonds. The van der Waals surface area contributed by atoms with Gasteiger partial charge in [0, 0.05) is 13.1 Å². The fourth-order valence-corrected chi connectivity index (χ4v) is 8.61. The fraction of sp³-hybridized carbons (Fsp3) is 0.182. The van der Waals surface area contributed by atoms with Gasteiger partial charge in [-0.05, 0) is 47.0 Å². The van der Waals surface area contributed by atoms with Crippen molar-refractivity contribution in [2.24, 2.45) is 0 Å². The molecule has 0 saturated carbocycles. The smallest absolute Gasteiger partial charge is 0.187 e. The molecule has 9 heteroatoms. The van der Waals surface area contributed by atoms with Crippen LogP contribution in [0.2, 0.25) is 10.0 Å². The third-order valence-electron chi connectivity index (χ3n) is 5.29. The molecule has 3 N–H and O–H groups in total. The van der Waals surface area contributed by atoms with Crippen LogP contribution in [0.5, 0.6) is 0 Å². The van der Waals surface area contributed by atoms with Gasteiger partial charge in [-0.3, -0.25) is 9.11 Å². The minimum Gasteiger partial charge on any atom is -0.309 e. The van der Waals surface area contributed by atoms with E-state index in [0.717, 1.165) is 11.1 Å². The first-order valence-electron chi connectivity index (χ1n) is 9.51. The Hall–Kier alpha value is -1.58. The van der Waals surface area contributed by atoms with E-state index in [1.165, 1.54) is 12.1 Å². The quantitative estimate of drug-likeness (QED) is 0.393. The highest BCUT2D eigenvalue weighted by molar-refractivity contribution is 8.25. The highest BCUT2D eigenvalue weighted by atomic mass is 35.5. The summed E-state index contributed by atoms with van der Waals surface area (Å²) in [5.74, 6) is -0.233. The maximum absolute atomic E-state index is 13.3. The SMILES string of the molecule is O=S(=O)(c1ccccc1)C1CS(O)(O)c2cccc(CNCc3ccc(Cl)c(Cl)c3)c21. The van der Waals surface area contributed by atoms with Crippen molar-refractivity contribution >= 4 is 43.6 Å². The Kier molecular flexibility index (Phi) is 6.38. The van der Waals surface area contributed by atoms with E-state index in [2.05, 4.69) is 5.32 Å². The van der Waals surface area contributed by atoms with Crippen LogP contribution in [0.4, 0.5) is 0 Å². The van der Waals surface area contributed by atoms with Gasteiger partial charge in [0.1, 0.15) is 5.25 Å². The van der Waals surface area contributed by atoms with Gasteiger partial charge in [-0.15, -0.1) is 0 Å². The van der Waals surface area contributed by atoms with Crippen LogP contribution in [0.25, 0.3) is 0 Å². The standard InChI is InChI=1S/C22H21Cl2NO4S2/c23-18-10-9-15(11-19(18)24)12-25-13-16-5-4-8-20-22(16)21(14-30(20,26)27)31(28,29)17-6-2-1-3-7-17/h1-11,21,25-27H,12-14H2. The van der Waals surface area contributed by atoms with Crippen molar-refractivity contribution in [2.75, 3.05) is 5.75 Å². The number of benzene rings is 3. The Labute approximate surface area is 193 Å². The van der Waals surface area contributed by atoms with Gasteiger partial charge in [-0.25, -0.2) is 8.42 Å². The lowest BCUT2D eigenvalue weighted by atomic mass is 10.0. The molecule has 1 atom stereocenters. The molecule has 31 heavy (non-hydrogen) atoms. The first kappa shape index (κ1) is 22.6. The van der Waals surface area contributed by atoms with E-state index in [1.54, 1.807) is 42.5 Å². The predicted molar refractivity (Wildman–Crippen MR) is 126 cm³/mol. The van der Waals surface area contributed by atoms with Crippen LogP contribution < -0.4 is 5.32 Å². The molecule has 0 fully saturated rings. The van der Waals surface area contributed by atoms with Crippen LogP contribution in [0.15, 0.2) is 76.5 Å². The average molecular weight is 498 g/mol. The van der Waals surface area contributed by atoms with Gasteiger partial charge in [0.15, 0.2) is 9.84 Å². The Bertz CT molecular complexity index is 1220. The van der Waals surface area contributed by atoms with Gasteiger partial charge in [-0.1, -0.05) is 59.6 Å². The third kappa shape index (κ3) is 4.50. The normalized spacial score (nSPS) is 18.5.